The molecule has 0 radical (unpaired) electrons. The van der Waals surface area contributed by atoms with Crippen molar-refractivity contribution in [2.75, 3.05) is 13.7 Å². The van der Waals surface area contributed by atoms with E-state index in [1.54, 1.807) is 19.2 Å². The molecule has 1 aromatic carbocycles. The second kappa shape index (κ2) is 6.05. The van der Waals surface area contributed by atoms with Crippen molar-refractivity contribution in [3.05, 3.63) is 34.6 Å². The zero-order valence-electron chi connectivity index (χ0n) is 8.89. The zero-order valence-corrected chi connectivity index (χ0v) is 9.64. The summed E-state index contributed by atoms with van der Waals surface area (Å²) >= 11 is 5.88. The summed E-state index contributed by atoms with van der Waals surface area (Å²) in [6.45, 7) is 2.97. The van der Waals surface area contributed by atoms with E-state index in [1.165, 1.54) is 6.07 Å². The van der Waals surface area contributed by atoms with E-state index in [9.17, 15) is 4.39 Å². The van der Waals surface area contributed by atoms with Gasteiger partial charge in [0.25, 0.3) is 0 Å². The van der Waals surface area contributed by atoms with E-state index >= 15 is 0 Å². The Balaban J connectivity index is 2.57. The summed E-state index contributed by atoms with van der Waals surface area (Å²) in [6.07, 6.45) is 0. The molecule has 2 nitrogen and oxygen atoms in total. The summed E-state index contributed by atoms with van der Waals surface area (Å²) in [5, 5.41) is 3.58. The van der Waals surface area contributed by atoms with E-state index < -0.39 is 0 Å². The van der Waals surface area contributed by atoms with Crippen LogP contribution in [-0.4, -0.2) is 19.8 Å². The molecular formula is C11H15ClFNO. The molecule has 0 amide bonds. The topological polar surface area (TPSA) is 21.3 Å². The lowest BCUT2D eigenvalue weighted by Crippen LogP contribution is -2.30. The van der Waals surface area contributed by atoms with Crippen LogP contribution in [0.1, 0.15) is 12.5 Å². The van der Waals surface area contributed by atoms with Crippen molar-refractivity contribution >= 4 is 11.6 Å². The van der Waals surface area contributed by atoms with Gasteiger partial charge in [-0.15, -0.1) is 0 Å². The van der Waals surface area contributed by atoms with Crippen molar-refractivity contribution in [2.45, 2.75) is 19.5 Å². The smallest absolute Gasteiger partial charge is 0.129 e. The van der Waals surface area contributed by atoms with E-state index in [1.807, 2.05) is 6.92 Å². The number of hydrogen-bond acceptors (Lipinski definition) is 2. The molecular weight excluding hydrogens is 217 g/mol. The first-order valence-electron chi connectivity index (χ1n) is 4.80. The lowest BCUT2D eigenvalue weighted by molar-refractivity contribution is 0.171. The zero-order chi connectivity index (χ0) is 11.3. The van der Waals surface area contributed by atoms with Crippen LogP contribution in [0.4, 0.5) is 4.39 Å². The summed E-state index contributed by atoms with van der Waals surface area (Å²) in [6, 6.07) is 4.86. The molecule has 84 valence electrons. The molecule has 1 aromatic rings. The van der Waals surface area contributed by atoms with Crippen LogP contribution in [0, 0.1) is 5.82 Å². The highest BCUT2D eigenvalue weighted by Crippen LogP contribution is 2.18. The Kier molecular flexibility index (Phi) is 5.02. The molecule has 0 saturated heterocycles. The van der Waals surface area contributed by atoms with Crippen LogP contribution in [0.3, 0.4) is 0 Å². The number of ether oxygens (including phenoxy) is 1. The van der Waals surface area contributed by atoms with Crippen LogP contribution in [-0.2, 0) is 11.3 Å². The monoisotopic (exact) mass is 231 g/mol. The first kappa shape index (κ1) is 12.4. The van der Waals surface area contributed by atoms with Crippen molar-refractivity contribution < 1.29 is 9.13 Å². The van der Waals surface area contributed by atoms with Gasteiger partial charge in [0.05, 0.1) is 6.61 Å². The van der Waals surface area contributed by atoms with Gasteiger partial charge in [-0.25, -0.2) is 4.39 Å². The minimum absolute atomic E-state index is 0.172. The Morgan fingerprint density at radius 2 is 2.27 bits per heavy atom. The van der Waals surface area contributed by atoms with Gasteiger partial charge in [0.1, 0.15) is 5.82 Å². The molecule has 0 aliphatic rings. The van der Waals surface area contributed by atoms with Gasteiger partial charge in [-0.05, 0) is 19.1 Å². The molecule has 4 heteroatoms. The van der Waals surface area contributed by atoms with Gasteiger partial charge in [-0.2, -0.15) is 0 Å². The lowest BCUT2D eigenvalue weighted by Gasteiger charge is -2.13. The number of hydrogen-bond donors (Lipinski definition) is 1. The van der Waals surface area contributed by atoms with Crippen LogP contribution in [0.2, 0.25) is 5.02 Å². The van der Waals surface area contributed by atoms with Gasteiger partial charge in [0.15, 0.2) is 0 Å². The Hall–Kier alpha value is -0.640. The van der Waals surface area contributed by atoms with Gasteiger partial charge in [-0.1, -0.05) is 17.7 Å². The fraction of sp³-hybridized carbons (Fsp3) is 0.455. The molecule has 0 aliphatic heterocycles. The second-order valence-corrected chi connectivity index (χ2v) is 3.84. The largest absolute Gasteiger partial charge is 0.383 e. The standard InChI is InChI=1S/C11H15ClFNO/c1-8(7-15-2)14-6-9-10(12)4-3-5-11(9)13/h3-5,8,14H,6-7H2,1-2H3/t8-/m1/s1. The minimum Gasteiger partial charge on any atom is -0.383 e. The lowest BCUT2D eigenvalue weighted by atomic mass is 10.2. The van der Waals surface area contributed by atoms with Gasteiger partial charge >= 0.3 is 0 Å². The third-order valence-electron chi connectivity index (χ3n) is 2.11. The van der Waals surface area contributed by atoms with Crippen LogP contribution >= 0.6 is 11.6 Å². The Morgan fingerprint density at radius 3 is 2.87 bits per heavy atom. The van der Waals surface area contributed by atoms with Gasteiger partial charge in [0.2, 0.25) is 0 Å². The predicted molar refractivity (Wildman–Crippen MR) is 59.6 cm³/mol. The predicted octanol–water partition coefficient (Wildman–Crippen LogP) is 2.60. The highest BCUT2D eigenvalue weighted by atomic mass is 35.5. The molecule has 0 bridgehead atoms. The third-order valence-corrected chi connectivity index (χ3v) is 2.46. The first-order valence-corrected chi connectivity index (χ1v) is 5.18. The van der Waals surface area contributed by atoms with Crippen LogP contribution in [0.25, 0.3) is 0 Å². The van der Waals surface area contributed by atoms with E-state index in [-0.39, 0.29) is 11.9 Å². The summed E-state index contributed by atoms with van der Waals surface area (Å²) < 4.78 is 18.3. The highest BCUT2D eigenvalue weighted by molar-refractivity contribution is 6.31. The van der Waals surface area contributed by atoms with E-state index in [0.29, 0.717) is 23.7 Å². The Labute approximate surface area is 94.4 Å². The van der Waals surface area contributed by atoms with Crippen molar-refractivity contribution in [3.8, 4) is 0 Å². The van der Waals surface area contributed by atoms with Crippen molar-refractivity contribution in [2.24, 2.45) is 0 Å². The Morgan fingerprint density at radius 1 is 1.53 bits per heavy atom. The molecule has 0 saturated carbocycles. The molecule has 1 rings (SSSR count). The molecule has 1 N–H and O–H groups in total. The van der Waals surface area contributed by atoms with Crippen LogP contribution in [0.15, 0.2) is 18.2 Å². The van der Waals surface area contributed by atoms with E-state index in [2.05, 4.69) is 5.32 Å². The molecule has 0 unspecified atom stereocenters. The number of methoxy groups -OCH3 is 1. The maximum absolute atomic E-state index is 13.3. The van der Waals surface area contributed by atoms with Gasteiger partial charge in [-0.3, -0.25) is 0 Å². The molecule has 0 aliphatic carbocycles. The molecule has 0 spiro atoms. The Bertz CT molecular complexity index is 299. The fourth-order valence-electron chi connectivity index (χ4n) is 1.29. The summed E-state index contributed by atoms with van der Waals surface area (Å²) in [4.78, 5) is 0. The van der Waals surface area contributed by atoms with Gasteiger partial charge in [0, 0.05) is 30.3 Å². The van der Waals surface area contributed by atoms with E-state index in [4.69, 9.17) is 16.3 Å². The van der Waals surface area contributed by atoms with Crippen molar-refractivity contribution in [3.63, 3.8) is 0 Å². The minimum atomic E-state index is -0.278. The summed E-state index contributed by atoms with van der Waals surface area (Å²) in [5.41, 5.74) is 0.502. The average Bonchev–Trinajstić information content (AvgIpc) is 2.17. The fourth-order valence-corrected chi connectivity index (χ4v) is 1.52. The molecule has 0 heterocycles. The molecule has 15 heavy (non-hydrogen) atoms. The van der Waals surface area contributed by atoms with Crippen LogP contribution in [0.5, 0.6) is 0 Å². The SMILES string of the molecule is COC[C@@H](C)NCc1c(F)cccc1Cl. The number of rotatable bonds is 5. The quantitative estimate of drug-likeness (QED) is 0.841. The third kappa shape index (κ3) is 3.78. The van der Waals surface area contributed by atoms with Gasteiger partial charge < -0.3 is 10.1 Å². The molecule has 1 atom stereocenters. The second-order valence-electron chi connectivity index (χ2n) is 3.44. The average molecular weight is 232 g/mol. The summed E-state index contributed by atoms with van der Waals surface area (Å²) in [5.74, 6) is -0.278. The number of benzene rings is 1. The van der Waals surface area contributed by atoms with Crippen molar-refractivity contribution in [1.82, 2.24) is 5.32 Å². The normalized spacial score (nSPS) is 12.8. The summed E-state index contributed by atoms with van der Waals surface area (Å²) in [7, 11) is 1.63. The maximum atomic E-state index is 13.3. The first-order chi connectivity index (χ1) is 7.15. The molecule has 0 fully saturated rings. The number of nitrogens with one attached hydrogen (secondary N) is 1. The molecule has 0 aromatic heterocycles. The van der Waals surface area contributed by atoms with E-state index in [0.717, 1.165) is 0 Å². The number of halogens is 2. The maximum Gasteiger partial charge on any atom is 0.129 e. The highest BCUT2D eigenvalue weighted by Gasteiger charge is 2.08. The van der Waals surface area contributed by atoms with Crippen LogP contribution < -0.4 is 5.32 Å². The van der Waals surface area contributed by atoms with Crippen molar-refractivity contribution in [1.29, 1.82) is 0 Å².